The molecule has 7 heteroatoms. The van der Waals surface area contributed by atoms with Crippen molar-refractivity contribution in [1.29, 1.82) is 0 Å². The van der Waals surface area contributed by atoms with Gasteiger partial charge >= 0.3 is 0 Å². The van der Waals surface area contributed by atoms with Gasteiger partial charge in [-0.2, -0.15) is 0 Å². The van der Waals surface area contributed by atoms with Crippen molar-refractivity contribution in [2.45, 2.75) is 6.92 Å². The van der Waals surface area contributed by atoms with Crippen LogP contribution in [0.1, 0.15) is 17.3 Å². The minimum atomic E-state index is -0.336. The van der Waals surface area contributed by atoms with Crippen molar-refractivity contribution < 1.29 is 14.3 Å². The number of carbonyl (C=O) groups excluding carboxylic acids is 1. The molecular formula is C21H20ClN3O3. The van der Waals surface area contributed by atoms with Crippen molar-refractivity contribution in [2.24, 2.45) is 0 Å². The SMILES string of the molecule is CCOc1cccc(Nc2ncccc2C(=O)Nc2cc(Cl)ccc2OC)c1. The van der Waals surface area contributed by atoms with Crippen LogP contribution in [0.25, 0.3) is 0 Å². The van der Waals surface area contributed by atoms with Crippen LogP contribution in [-0.2, 0) is 0 Å². The number of aromatic nitrogens is 1. The third-order valence-electron chi connectivity index (χ3n) is 3.87. The second kappa shape index (κ2) is 9.10. The molecule has 0 aliphatic carbocycles. The molecule has 2 aromatic carbocycles. The summed E-state index contributed by atoms with van der Waals surface area (Å²) in [5.41, 5.74) is 1.62. The molecule has 0 saturated carbocycles. The first-order valence-electron chi connectivity index (χ1n) is 8.70. The smallest absolute Gasteiger partial charge is 0.259 e. The monoisotopic (exact) mass is 397 g/mol. The lowest BCUT2D eigenvalue weighted by Crippen LogP contribution is -2.15. The van der Waals surface area contributed by atoms with Crippen molar-refractivity contribution in [3.63, 3.8) is 0 Å². The number of hydrogen-bond donors (Lipinski definition) is 2. The summed E-state index contributed by atoms with van der Waals surface area (Å²) in [5, 5.41) is 6.49. The molecule has 28 heavy (non-hydrogen) atoms. The second-order valence-corrected chi connectivity index (χ2v) is 6.22. The van der Waals surface area contributed by atoms with Gasteiger partial charge in [0.1, 0.15) is 17.3 Å². The van der Waals surface area contributed by atoms with Crippen molar-refractivity contribution in [3.8, 4) is 11.5 Å². The lowest BCUT2D eigenvalue weighted by Gasteiger charge is -2.14. The van der Waals surface area contributed by atoms with Gasteiger partial charge in [-0.25, -0.2) is 4.98 Å². The largest absolute Gasteiger partial charge is 0.495 e. The molecule has 0 spiro atoms. The van der Waals surface area contributed by atoms with Gasteiger partial charge in [-0.15, -0.1) is 0 Å². The van der Waals surface area contributed by atoms with Crippen molar-refractivity contribution in [3.05, 3.63) is 71.4 Å². The molecule has 0 unspecified atom stereocenters. The molecule has 1 aromatic heterocycles. The maximum atomic E-state index is 12.9. The topological polar surface area (TPSA) is 72.5 Å². The second-order valence-electron chi connectivity index (χ2n) is 5.78. The molecule has 1 amide bonds. The summed E-state index contributed by atoms with van der Waals surface area (Å²) < 4.78 is 10.8. The van der Waals surface area contributed by atoms with Gasteiger partial charge in [0, 0.05) is 23.0 Å². The van der Waals surface area contributed by atoms with E-state index in [0.717, 1.165) is 11.4 Å². The van der Waals surface area contributed by atoms with Crippen LogP contribution in [0.2, 0.25) is 5.02 Å². The number of ether oxygens (including phenoxy) is 2. The number of halogens is 1. The number of anilines is 3. The number of pyridine rings is 1. The molecule has 1 heterocycles. The van der Waals surface area contributed by atoms with Gasteiger partial charge < -0.3 is 20.1 Å². The fourth-order valence-corrected chi connectivity index (χ4v) is 2.79. The van der Waals surface area contributed by atoms with Gasteiger partial charge in [-0.05, 0) is 49.4 Å². The Morgan fingerprint density at radius 1 is 1.14 bits per heavy atom. The summed E-state index contributed by atoms with van der Waals surface area (Å²) in [6.45, 7) is 2.49. The van der Waals surface area contributed by atoms with Gasteiger partial charge in [-0.3, -0.25) is 4.79 Å². The van der Waals surface area contributed by atoms with Crippen LogP contribution in [0.15, 0.2) is 60.8 Å². The highest BCUT2D eigenvalue weighted by molar-refractivity contribution is 6.31. The molecule has 0 aliphatic rings. The number of benzene rings is 2. The van der Waals surface area contributed by atoms with E-state index >= 15 is 0 Å². The first-order chi connectivity index (χ1) is 13.6. The maximum absolute atomic E-state index is 12.9. The lowest BCUT2D eigenvalue weighted by atomic mass is 10.2. The van der Waals surface area contributed by atoms with Gasteiger partial charge in [-0.1, -0.05) is 17.7 Å². The van der Waals surface area contributed by atoms with Crippen molar-refractivity contribution in [2.75, 3.05) is 24.4 Å². The van der Waals surface area contributed by atoms with Crippen LogP contribution in [0, 0.1) is 0 Å². The number of carbonyl (C=O) groups is 1. The predicted molar refractivity (Wildman–Crippen MR) is 111 cm³/mol. The van der Waals surface area contributed by atoms with E-state index in [4.69, 9.17) is 21.1 Å². The Morgan fingerprint density at radius 3 is 2.79 bits per heavy atom. The van der Waals surface area contributed by atoms with Crippen molar-refractivity contribution in [1.82, 2.24) is 4.98 Å². The van der Waals surface area contributed by atoms with Gasteiger partial charge in [0.25, 0.3) is 5.91 Å². The average Bonchev–Trinajstić information content (AvgIpc) is 2.69. The van der Waals surface area contributed by atoms with Crippen LogP contribution in [0.5, 0.6) is 11.5 Å². The Hall–Kier alpha value is -3.25. The summed E-state index contributed by atoms with van der Waals surface area (Å²) >= 11 is 6.04. The van der Waals surface area contributed by atoms with Crippen molar-refractivity contribution >= 4 is 34.7 Å². The zero-order valence-corrected chi connectivity index (χ0v) is 16.3. The first kappa shape index (κ1) is 19.5. The summed E-state index contributed by atoms with van der Waals surface area (Å²) in [5.74, 6) is 1.34. The molecule has 3 rings (SSSR count). The van der Waals surface area contributed by atoms with E-state index in [1.54, 1.807) is 36.5 Å². The average molecular weight is 398 g/mol. The van der Waals surface area contributed by atoms with E-state index in [-0.39, 0.29) is 5.91 Å². The summed E-state index contributed by atoms with van der Waals surface area (Å²) in [4.78, 5) is 17.2. The van der Waals surface area contributed by atoms with E-state index in [1.807, 2.05) is 31.2 Å². The Morgan fingerprint density at radius 2 is 2.00 bits per heavy atom. The van der Waals surface area contributed by atoms with Crippen LogP contribution >= 0.6 is 11.6 Å². The summed E-state index contributed by atoms with van der Waals surface area (Å²) in [6, 6.07) is 15.9. The van der Waals surface area contributed by atoms with Gasteiger partial charge in [0.05, 0.1) is 25.0 Å². The molecule has 0 radical (unpaired) electrons. The fraction of sp³-hybridized carbons (Fsp3) is 0.143. The lowest BCUT2D eigenvalue weighted by molar-refractivity contribution is 0.102. The Labute approximate surface area is 168 Å². The number of hydrogen-bond acceptors (Lipinski definition) is 5. The standard InChI is InChI=1S/C21H20ClN3O3/c1-3-28-16-7-4-6-15(13-16)24-20-17(8-5-11-23-20)21(26)25-18-12-14(22)9-10-19(18)27-2/h4-13H,3H2,1-2H3,(H,23,24)(H,25,26). The van der Waals surface area contributed by atoms with E-state index in [0.29, 0.717) is 34.4 Å². The van der Waals surface area contributed by atoms with E-state index < -0.39 is 0 Å². The summed E-state index contributed by atoms with van der Waals surface area (Å²) in [7, 11) is 1.53. The number of methoxy groups -OCH3 is 1. The van der Waals surface area contributed by atoms with Crippen LogP contribution in [0.3, 0.4) is 0 Å². The van der Waals surface area contributed by atoms with Gasteiger partial charge in [0.15, 0.2) is 0 Å². The predicted octanol–water partition coefficient (Wildman–Crippen LogP) is 5.14. The Bertz CT molecular complexity index is 979. The highest BCUT2D eigenvalue weighted by Crippen LogP contribution is 2.29. The quantitative estimate of drug-likeness (QED) is 0.577. The molecule has 6 nitrogen and oxygen atoms in total. The Balaban J connectivity index is 1.85. The van der Waals surface area contributed by atoms with E-state index in [2.05, 4.69) is 15.6 Å². The summed E-state index contributed by atoms with van der Waals surface area (Å²) in [6.07, 6.45) is 1.62. The maximum Gasteiger partial charge on any atom is 0.259 e. The third-order valence-corrected chi connectivity index (χ3v) is 4.10. The van der Waals surface area contributed by atoms with E-state index in [1.165, 1.54) is 7.11 Å². The highest BCUT2D eigenvalue weighted by atomic mass is 35.5. The molecule has 0 aliphatic heterocycles. The molecule has 0 fully saturated rings. The number of rotatable bonds is 7. The van der Waals surface area contributed by atoms with Crippen LogP contribution in [-0.4, -0.2) is 24.6 Å². The fourth-order valence-electron chi connectivity index (χ4n) is 2.62. The zero-order chi connectivity index (χ0) is 19.9. The number of amides is 1. The minimum Gasteiger partial charge on any atom is -0.495 e. The molecule has 144 valence electrons. The molecule has 0 saturated heterocycles. The normalized spacial score (nSPS) is 10.2. The Kier molecular flexibility index (Phi) is 6.34. The number of nitrogens with one attached hydrogen (secondary N) is 2. The first-order valence-corrected chi connectivity index (χ1v) is 9.08. The highest BCUT2D eigenvalue weighted by Gasteiger charge is 2.15. The molecular weight excluding hydrogens is 378 g/mol. The molecule has 0 bridgehead atoms. The molecule has 0 atom stereocenters. The van der Waals surface area contributed by atoms with Gasteiger partial charge in [0.2, 0.25) is 0 Å². The van der Waals surface area contributed by atoms with Crippen LogP contribution in [0.4, 0.5) is 17.2 Å². The third kappa shape index (κ3) is 4.72. The molecule has 2 N–H and O–H groups in total. The van der Waals surface area contributed by atoms with Crippen LogP contribution < -0.4 is 20.1 Å². The zero-order valence-electron chi connectivity index (χ0n) is 15.5. The number of nitrogens with zero attached hydrogens (tertiary/aromatic N) is 1. The minimum absolute atomic E-state index is 0.336. The van der Waals surface area contributed by atoms with E-state index in [9.17, 15) is 4.79 Å². The molecule has 3 aromatic rings.